The first-order chi connectivity index (χ1) is 17.2. The second-order valence-corrected chi connectivity index (χ2v) is 8.82. The van der Waals surface area contributed by atoms with Gasteiger partial charge in [-0.25, -0.2) is 4.98 Å². The van der Waals surface area contributed by atoms with Crippen molar-refractivity contribution in [2.45, 2.75) is 52.0 Å². The average molecular weight is 471 g/mol. The fourth-order valence-electron chi connectivity index (χ4n) is 4.14. The number of aryl methyl sites for hydroxylation is 2. The number of carbonyl (C=O) groups excluding carboxylic acids is 1. The molecule has 0 radical (unpaired) electrons. The van der Waals surface area contributed by atoms with Crippen LogP contribution in [0.5, 0.6) is 5.75 Å². The molecule has 2 aromatic carbocycles. The fourth-order valence-corrected chi connectivity index (χ4v) is 4.14. The van der Waals surface area contributed by atoms with Crippen LogP contribution in [0, 0.1) is 0 Å². The molecule has 4 rings (SSSR count). The number of hydrogen-bond acceptors (Lipinski definition) is 4. The highest BCUT2D eigenvalue weighted by molar-refractivity contribution is 5.92. The lowest BCUT2D eigenvalue weighted by molar-refractivity contribution is 0.0948. The molecule has 1 N–H and O–H groups in total. The summed E-state index contributed by atoms with van der Waals surface area (Å²) in [6.07, 6.45) is 5.24. The summed E-state index contributed by atoms with van der Waals surface area (Å²) in [5.41, 5.74) is 3.93. The van der Waals surface area contributed by atoms with Gasteiger partial charge in [-0.3, -0.25) is 9.78 Å². The molecule has 2 heterocycles. The molecule has 182 valence electrons. The van der Waals surface area contributed by atoms with E-state index in [0.717, 1.165) is 54.8 Å². The average Bonchev–Trinajstić information content (AvgIpc) is 3.26. The molecule has 0 saturated carbocycles. The van der Waals surface area contributed by atoms with Gasteiger partial charge in [-0.1, -0.05) is 44.2 Å². The van der Waals surface area contributed by atoms with Gasteiger partial charge in [-0.2, -0.15) is 0 Å². The third-order valence-electron chi connectivity index (χ3n) is 6.35. The zero-order valence-electron chi connectivity index (χ0n) is 20.6. The number of ether oxygens (including phenoxy) is 1. The first kappa shape index (κ1) is 24.5. The number of aromatic nitrogens is 3. The molecule has 0 fully saturated rings. The number of para-hydroxylation sites is 2. The van der Waals surface area contributed by atoms with Crippen LogP contribution in [0.25, 0.3) is 11.0 Å². The van der Waals surface area contributed by atoms with E-state index < -0.39 is 0 Å². The number of nitrogens with one attached hydrogen (secondary N) is 1. The Hall–Kier alpha value is -3.67. The molecule has 0 bridgehead atoms. The van der Waals surface area contributed by atoms with Gasteiger partial charge in [0.05, 0.1) is 17.6 Å². The summed E-state index contributed by atoms with van der Waals surface area (Å²) < 4.78 is 8.29. The minimum Gasteiger partial charge on any atom is -0.494 e. The van der Waals surface area contributed by atoms with Crippen LogP contribution in [-0.2, 0) is 13.0 Å². The standard InChI is InChI=1S/C29H34N4O2/c1-3-22(2)23-14-16-24(17-15-23)35-21-9-20-33-27-12-5-4-10-25(27)32-28(33)13-8-19-31-29(34)26-11-6-7-18-30-26/h4-7,10-12,14-18,22H,3,8-9,13,19-21H2,1-2H3,(H,31,34). The third-order valence-corrected chi connectivity index (χ3v) is 6.35. The van der Waals surface area contributed by atoms with E-state index in [1.807, 2.05) is 24.3 Å². The summed E-state index contributed by atoms with van der Waals surface area (Å²) in [7, 11) is 0. The fraction of sp³-hybridized carbons (Fsp3) is 0.345. The summed E-state index contributed by atoms with van der Waals surface area (Å²) in [6, 6.07) is 22.0. The maximum atomic E-state index is 12.2. The number of carbonyl (C=O) groups is 1. The van der Waals surface area contributed by atoms with Crippen LogP contribution in [0.1, 0.15) is 60.9 Å². The van der Waals surface area contributed by atoms with Crippen LogP contribution in [0.2, 0.25) is 0 Å². The molecule has 1 amide bonds. The number of amides is 1. The summed E-state index contributed by atoms with van der Waals surface area (Å²) in [4.78, 5) is 21.2. The second kappa shape index (κ2) is 12.2. The second-order valence-electron chi connectivity index (χ2n) is 8.82. The van der Waals surface area contributed by atoms with Crippen LogP contribution in [0.3, 0.4) is 0 Å². The van der Waals surface area contributed by atoms with E-state index in [2.05, 4.69) is 59.0 Å². The van der Waals surface area contributed by atoms with Gasteiger partial charge < -0.3 is 14.6 Å². The molecule has 0 aliphatic rings. The van der Waals surface area contributed by atoms with Gasteiger partial charge >= 0.3 is 0 Å². The Labute approximate surface area is 207 Å². The van der Waals surface area contributed by atoms with E-state index in [0.29, 0.717) is 24.8 Å². The van der Waals surface area contributed by atoms with Crippen molar-refractivity contribution in [1.29, 1.82) is 0 Å². The lowest BCUT2D eigenvalue weighted by Gasteiger charge is -2.12. The van der Waals surface area contributed by atoms with E-state index >= 15 is 0 Å². The summed E-state index contributed by atoms with van der Waals surface area (Å²) in [5, 5.41) is 2.95. The number of rotatable bonds is 12. The number of hydrogen-bond donors (Lipinski definition) is 1. The lowest BCUT2D eigenvalue weighted by atomic mass is 9.99. The smallest absolute Gasteiger partial charge is 0.269 e. The van der Waals surface area contributed by atoms with Gasteiger partial charge in [-0.05, 0) is 67.1 Å². The number of nitrogens with zero attached hydrogens (tertiary/aromatic N) is 3. The highest BCUT2D eigenvalue weighted by atomic mass is 16.5. The largest absolute Gasteiger partial charge is 0.494 e. The Morgan fingerprint density at radius 3 is 2.60 bits per heavy atom. The van der Waals surface area contributed by atoms with Crippen LogP contribution in [-0.4, -0.2) is 33.6 Å². The molecule has 0 spiro atoms. The van der Waals surface area contributed by atoms with E-state index in [1.54, 1.807) is 18.3 Å². The van der Waals surface area contributed by atoms with Gasteiger partial charge in [0.2, 0.25) is 0 Å². The zero-order chi connectivity index (χ0) is 24.5. The molecular formula is C29H34N4O2. The lowest BCUT2D eigenvalue weighted by Crippen LogP contribution is -2.25. The van der Waals surface area contributed by atoms with Crippen molar-refractivity contribution in [2.24, 2.45) is 0 Å². The summed E-state index contributed by atoms with van der Waals surface area (Å²) >= 11 is 0. The van der Waals surface area contributed by atoms with Crippen LogP contribution in [0.15, 0.2) is 72.9 Å². The minimum absolute atomic E-state index is 0.145. The topological polar surface area (TPSA) is 69.0 Å². The monoisotopic (exact) mass is 470 g/mol. The first-order valence-electron chi connectivity index (χ1n) is 12.5. The van der Waals surface area contributed by atoms with E-state index in [1.165, 1.54) is 5.56 Å². The number of benzene rings is 2. The highest BCUT2D eigenvalue weighted by Crippen LogP contribution is 2.22. The molecule has 1 atom stereocenters. The predicted molar refractivity (Wildman–Crippen MR) is 140 cm³/mol. The van der Waals surface area contributed by atoms with Crippen molar-refractivity contribution in [3.05, 3.63) is 90.0 Å². The Morgan fingerprint density at radius 1 is 1.03 bits per heavy atom. The van der Waals surface area contributed by atoms with Gasteiger partial charge in [0.15, 0.2) is 0 Å². The van der Waals surface area contributed by atoms with E-state index in [4.69, 9.17) is 9.72 Å². The van der Waals surface area contributed by atoms with Crippen molar-refractivity contribution in [3.63, 3.8) is 0 Å². The number of imidazole rings is 1. The molecule has 0 saturated heterocycles. The normalized spacial score (nSPS) is 11.9. The Morgan fingerprint density at radius 2 is 1.83 bits per heavy atom. The van der Waals surface area contributed by atoms with E-state index in [9.17, 15) is 4.79 Å². The van der Waals surface area contributed by atoms with Gasteiger partial charge in [0.1, 0.15) is 17.3 Å². The Balaban J connectivity index is 1.30. The van der Waals surface area contributed by atoms with Crippen LogP contribution >= 0.6 is 0 Å². The van der Waals surface area contributed by atoms with Gasteiger partial charge in [0.25, 0.3) is 5.91 Å². The Kier molecular flexibility index (Phi) is 8.49. The van der Waals surface area contributed by atoms with Crippen molar-refractivity contribution in [2.75, 3.05) is 13.2 Å². The highest BCUT2D eigenvalue weighted by Gasteiger charge is 2.11. The molecule has 35 heavy (non-hydrogen) atoms. The summed E-state index contributed by atoms with van der Waals surface area (Å²) in [5.74, 6) is 2.38. The zero-order valence-corrected chi connectivity index (χ0v) is 20.6. The van der Waals surface area contributed by atoms with Crippen molar-refractivity contribution in [3.8, 4) is 5.75 Å². The van der Waals surface area contributed by atoms with Crippen molar-refractivity contribution in [1.82, 2.24) is 19.9 Å². The van der Waals surface area contributed by atoms with Gasteiger partial charge in [-0.15, -0.1) is 0 Å². The quantitative estimate of drug-likeness (QED) is 0.267. The molecule has 0 aliphatic carbocycles. The molecular weight excluding hydrogens is 436 g/mol. The molecule has 6 heteroatoms. The maximum Gasteiger partial charge on any atom is 0.269 e. The Bertz CT molecular complexity index is 1220. The van der Waals surface area contributed by atoms with Crippen LogP contribution < -0.4 is 10.1 Å². The summed E-state index contributed by atoms with van der Waals surface area (Å²) in [6.45, 7) is 6.52. The molecule has 4 aromatic rings. The van der Waals surface area contributed by atoms with Crippen LogP contribution in [0.4, 0.5) is 0 Å². The van der Waals surface area contributed by atoms with E-state index in [-0.39, 0.29) is 5.91 Å². The number of pyridine rings is 1. The third kappa shape index (κ3) is 6.47. The first-order valence-corrected chi connectivity index (χ1v) is 12.5. The minimum atomic E-state index is -0.145. The SMILES string of the molecule is CCC(C)c1ccc(OCCCn2c(CCCNC(=O)c3ccccn3)nc3ccccc32)cc1. The molecule has 0 aliphatic heterocycles. The predicted octanol–water partition coefficient (Wildman–Crippen LogP) is 5.78. The van der Waals surface area contributed by atoms with Crippen molar-refractivity contribution >= 4 is 16.9 Å². The molecule has 6 nitrogen and oxygen atoms in total. The maximum absolute atomic E-state index is 12.2. The van der Waals surface area contributed by atoms with Gasteiger partial charge in [0, 0.05) is 25.7 Å². The van der Waals surface area contributed by atoms with Crippen molar-refractivity contribution < 1.29 is 9.53 Å². The molecule has 2 aromatic heterocycles. The number of fused-ring (bicyclic) bond motifs is 1. The molecule has 1 unspecified atom stereocenters.